The van der Waals surface area contributed by atoms with E-state index < -0.39 is 23.3 Å². The number of β-amino-alcohol motifs (C(OH)–C–C–N with tert-alkyl or cyclic N) is 1. The molecule has 1 fully saturated rings. The van der Waals surface area contributed by atoms with E-state index in [-0.39, 0.29) is 56.2 Å². The second-order valence-corrected chi connectivity index (χ2v) is 12.4. The summed E-state index contributed by atoms with van der Waals surface area (Å²) in [4.78, 5) is 14.9. The number of nitrogens with zero attached hydrogens (tertiary/aromatic N) is 1. The van der Waals surface area contributed by atoms with Crippen molar-refractivity contribution < 1.29 is 28.2 Å². The average molecular weight is 671 g/mol. The number of ether oxygens (including phenoxy) is 2. The van der Waals surface area contributed by atoms with Crippen molar-refractivity contribution in [3.8, 4) is 11.5 Å². The fourth-order valence-corrected chi connectivity index (χ4v) is 5.77. The average Bonchev–Trinajstić information content (AvgIpc) is 2.82. The predicted molar refractivity (Wildman–Crippen MR) is 149 cm³/mol. The van der Waals surface area contributed by atoms with E-state index in [4.69, 9.17) is 32.7 Å². The summed E-state index contributed by atoms with van der Waals surface area (Å²) in [5, 5.41) is 13.8. The molecule has 11 heteroatoms. The molecule has 2 aromatic rings. The first-order valence-corrected chi connectivity index (χ1v) is 13.8. The third-order valence-electron chi connectivity index (χ3n) is 6.51. The number of nitrogens with one attached hydrogen (secondary N) is 1. The largest absolute Gasteiger partial charge is 0.491 e. The minimum Gasteiger partial charge on any atom is -0.491 e. The van der Waals surface area contributed by atoms with Crippen LogP contribution in [-0.4, -0.2) is 62.8 Å². The molecular weight excluding hydrogens is 640 g/mol. The number of carbonyl (C=O) groups is 1. The molecule has 6 nitrogen and oxygen atoms in total. The summed E-state index contributed by atoms with van der Waals surface area (Å²) < 4.78 is 38.3. The van der Waals surface area contributed by atoms with E-state index in [1.807, 2.05) is 0 Å². The van der Waals surface area contributed by atoms with Gasteiger partial charge >= 0.3 is 0 Å². The Balaban J connectivity index is 1.59. The second kappa shape index (κ2) is 12.2. The smallest absolute Gasteiger partial charge is 0.258 e. The summed E-state index contributed by atoms with van der Waals surface area (Å²) in [6, 6.07) is 8.00. The van der Waals surface area contributed by atoms with Crippen LogP contribution in [-0.2, 0) is 4.79 Å². The molecule has 1 saturated heterocycles. The van der Waals surface area contributed by atoms with Crippen LogP contribution in [0.2, 0.25) is 10.0 Å². The third kappa shape index (κ3) is 7.59. The molecule has 1 aliphatic heterocycles. The zero-order valence-electron chi connectivity index (χ0n) is 21.0. The molecule has 3 unspecified atom stereocenters. The van der Waals surface area contributed by atoms with E-state index in [1.54, 1.807) is 6.07 Å². The van der Waals surface area contributed by atoms with E-state index in [0.29, 0.717) is 13.0 Å². The standard InChI is InChI=1S/C26H31Cl2F2IN2O4/c1-25(2)11-22(32-23(35)14-37-17-6-8-19(28)21(30)10-17)24(31)26(3,4)33(25)12-15(34)13-36-16-5-7-18(27)20(29)9-16/h5-10,15,22,24,34H,11-14H2,1-4H3,(H,32,35). The van der Waals surface area contributed by atoms with Gasteiger partial charge in [0.15, 0.2) is 6.61 Å². The maximum absolute atomic E-state index is 13.7. The van der Waals surface area contributed by atoms with Crippen molar-refractivity contribution >= 4 is 51.7 Å². The fourth-order valence-electron chi connectivity index (χ4n) is 4.77. The van der Waals surface area contributed by atoms with E-state index in [0.717, 1.165) is 6.07 Å². The Kier molecular flexibility index (Phi) is 9.93. The number of likely N-dealkylation sites (tertiary alicyclic amines) is 1. The van der Waals surface area contributed by atoms with Crippen molar-refractivity contribution in [2.75, 3.05) is 19.8 Å². The van der Waals surface area contributed by atoms with Gasteiger partial charge in [-0.25, -0.2) is 8.78 Å². The molecule has 3 atom stereocenters. The topological polar surface area (TPSA) is 71.0 Å². The van der Waals surface area contributed by atoms with Gasteiger partial charge in [0, 0.05) is 39.7 Å². The molecule has 0 bridgehead atoms. The van der Waals surface area contributed by atoms with Gasteiger partial charge in [-0.05, 0) is 58.4 Å². The van der Waals surface area contributed by atoms with E-state index in [9.17, 15) is 18.7 Å². The highest BCUT2D eigenvalue weighted by molar-refractivity contribution is 14.1. The third-order valence-corrected chi connectivity index (χ3v) is 9.51. The quantitative estimate of drug-likeness (QED) is 0.267. The molecule has 1 aliphatic rings. The zero-order valence-corrected chi connectivity index (χ0v) is 24.7. The van der Waals surface area contributed by atoms with Gasteiger partial charge in [0.1, 0.15) is 35.8 Å². The summed E-state index contributed by atoms with van der Waals surface area (Å²) in [5.74, 6) is -1.01. The molecule has 0 aliphatic carbocycles. The molecule has 2 aromatic carbocycles. The number of hydrogen-bond donors (Lipinski definition) is 2. The van der Waals surface area contributed by atoms with Gasteiger partial charge in [-0.15, -0.1) is 0 Å². The molecule has 0 spiro atoms. The van der Waals surface area contributed by atoms with Gasteiger partial charge in [0.25, 0.3) is 5.91 Å². The Hall–Kier alpha value is -1.40. The monoisotopic (exact) mass is 670 g/mol. The zero-order chi connectivity index (χ0) is 27.5. The first-order chi connectivity index (χ1) is 17.2. The van der Waals surface area contributed by atoms with Crippen molar-refractivity contribution in [2.45, 2.75) is 61.3 Å². The highest BCUT2D eigenvalue weighted by Gasteiger charge is 2.51. The van der Waals surface area contributed by atoms with Crippen LogP contribution < -0.4 is 14.8 Å². The van der Waals surface area contributed by atoms with Crippen molar-refractivity contribution in [2.24, 2.45) is 0 Å². The normalized spacial score (nSPS) is 21.8. The number of halogens is 5. The Morgan fingerprint density at radius 3 is 2.19 bits per heavy atom. The van der Waals surface area contributed by atoms with Gasteiger partial charge in [-0.3, -0.25) is 9.69 Å². The number of aliphatic hydroxyl groups excluding tert-OH is 1. The lowest BCUT2D eigenvalue weighted by Gasteiger charge is -2.58. The van der Waals surface area contributed by atoms with Crippen LogP contribution in [0, 0.1) is 11.6 Å². The van der Waals surface area contributed by atoms with Crippen molar-refractivity contribution in [3.05, 3.63) is 58.1 Å². The second-order valence-electron chi connectivity index (χ2n) is 10.3. The van der Waals surface area contributed by atoms with E-state index >= 15 is 0 Å². The maximum Gasteiger partial charge on any atom is 0.258 e. The summed E-state index contributed by atoms with van der Waals surface area (Å²) in [7, 11) is 0. The molecule has 1 heterocycles. The molecule has 0 radical (unpaired) electrons. The van der Waals surface area contributed by atoms with Crippen LogP contribution in [0.5, 0.6) is 11.5 Å². The van der Waals surface area contributed by atoms with Gasteiger partial charge < -0.3 is 19.9 Å². The minimum atomic E-state index is -0.833. The van der Waals surface area contributed by atoms with Gasteiger partial charge in [-0.1, -0.05) is 45.8 Å². The van der Waals surface area contributed by atoms with Crippen LogP contribution in [0.4, 0.5) is 8.78 Å². The van der Waals surface area contributed by atoms with Crippen LogP contribution in [0.15, 0.2) is 36.4 Å². The van der Waals surface area contributed by atoms with Crippen LogP contribution in [0.25, 0.3) is 0 Å². The summed E-state index contributed by atoms with van der Waals surface area (Å²) in [6.07, 6.45) is -0.207. The number of rotatable bonds is 9. The fraction of sp³-hybridized carbons (Fsp3) is 0.500. The van der Waals surface area contributed by atoms with Crippen molar-refractivity contribution in [1.29, 1.82) is 0 Å². The Morgan fingerprint density at radius 2 is 1.65 bits per heavy atom. The van der Waals surface area contributed by atoms with Crippen LogP contribution in [0.1, 0.15) is 34.1 Å². The lowest BCUT2D eigenvalue weighted by atomic mass is 9.76. The van der Waals surface area contributed by atoms with Crippen LogP contribution >= 0.6 is 45.8 Å². The Morgan fingerprint density at radius 1 is 1.11 bits per heavy atom. The van der Waals surface area contributed by atoms with Crippen molar-refractivity contribution in [3.63, 3.8) is 0 Å². The molecule has 0 saturated carbocycles. The van der Waals surface area contributed by atoms with E-state index in [1.165, 1.54) is 24.3 Å². The molecule has 0 aromatic heterocycles. The summed E-state index contributed by atoms with van der Waals surface area (Å²) in [5.41, 5.74) is -0.787. The first kappa shape index (κ1) is 30.1. The molecule has 37 heavy (non-hydrogen) atoms. The molecule has 2 N–H and O–H groups in total. The lowest BCUT2D eigenvalue weighted by molar-refractivity contribution is -0.125. The van der Waals surface area contributed by atoms with Crippen LogP contribution in [0.3, 0.4) is 0 Å². The minimum absolute atomic E-state index is 0.00452. The number of piperidine rings is 1. The molecule has 1 amide bonds. The summed E-state index contributed by atoms with van der Waals surface area (Å²) in [6.45, 7) is 8.31. The van der Waals surface area contributed by atoms with Gasteiger partial charge in [-0.2, -0.15) is 0 Å². The Labute approximate surface area is 239 Å². The highest BCUT2D eigenvalue weighted by Crippen LogP contribution is 2.42. The lowest BCUT2D eigenvalue weighted by Crippen LogP contribution is -2.71. The number of amides is 1. The van der Waals surface area contributed by atoms with Crippen molar-refractivity contribution in [1.82, 2.24) is 10.2 Å². The number of aliphatic hydroxyl groups is 1. The van der Waals surface area contributed by atoms with Gasteiger partial charge in [0.05, 0.1) is 10.0 Å². The number of benzene rings is 2. The SMILES string of the molecule is CC1(C)CC(NC(=O)COc2ccc(Cl)c(F)c2)C(I)C(C)(C)N1CC(O)COc1ccc(Cl)c(F)c1. The summed E-state index contributed by atoms with van der Waals surface area (Å²) >= 11 is 13.7. The predicted octanol–water partition coefficient (Wildman–Crippen LogP) is 5.64. The molecule has 3 rings (SSSR count). The first-order valence-electron chi connectivity index (χ1n) is 11.8. The maximum atomic E-state index is 13.7. The highest BCUT2D eigenvalue weighted by atomic mass is 127. The number of carbonyl (C=O) groups excluding carboxylic acids is 1. The van der Waals surface area contributed by atoms with E-state index in [2.05, 4.69) is 60.5 Å². The number of alkyl halides is 1. The van der Waals surface area contributed by atoms with Gasteiger partial charge in [0.2, 0.25) is 0 Å². The number of hydrogen-bond acceptors (Lipinski definition) is 5. The molecule has 204 valence electrons. The Bertz CT molecular complexity index is 1120. The molecular formula is C26H31Cl2F2IN2O4.